The fraction of sp³-hybridized carbons (Fsp3) is 0.250. The molecule has 0 saturated heterocycles. The van der Waals surface area contributed by atoms with Crippen molar-refractivity contribution in [3.8, 4) is 0 Å². The average Bonchev–Trinajstić information content (AvgIpc) is 2.83. The molecule has 1 heterocycles. The summed E-state index contributed by atoms with van der Waals surface area (Å²) < 4.78 is 26.2. The molecule has 0 saturated carbocycles. The van der Waals surface area contributed by atoms with Crippen LogP contribution >= 0.6 is 11.3 Å². The lowest BCUT2D eigenvalue weighted by molar-refractivity contribution is 0.493. The van der Waals surface area contributed by atoms with Gasteiger partial charge in [-0.2, -0.15) is 0 Å². The van der Waals surface area contributed by atoms with Crippen molar-refractivity contribution in [2.45, 2.75) is 13.0 Å². The van der Waals surface area contributed by atoms with Crippen molar-refractivity contribution in [1.82, 2.24) is 10.3 Å². The van der Waals surface area contributed by atoms with Gasteiger partial charge in [-0.1, -0.05) is 12.1 Å². The Bertz CT molecular complexity index is 471. The van der Waals surface area contributed by atoms with E-state index in [2.05, 4.69) is 10.3 Å². The van der Waals surface area contributed by atoms with Crippen molar-refractivity contribution in [3.05, 3.63) is 52.0 Å². The number of hydrogen-bond donors (Lipinski definition) is 1. The number of benzene rings is 1. The quantitative estimate of drug-likeness (QED) is 0.830. The Morgan fingerprint density at radius 3 is 2.94 bits per heavy atom. The summed E-state index contributed by atoms with van der Waals surface area (Å²) in [5.41, 5.74) is 3.15. The molecule has 2 aromatic rings. The van der Waals surface area contributed by atoms with Gasteiger partial charge >= 0.3 is 0 Å². The summed E-state index contributed by atoms with van der Waals surface area (Å²) in [7, 11) is 0. The fourth-order valence-electron chi connectivity index (χ4n) is 1.49. The van der Waals surface area contributed by atoms with Gasteiger partial charge in [0.2, 0.25) is 0 Å². The standard InChI is InChI=1S/C12H12F2N2S/c13-11-3-1-2-9(12(11)14)6-15-5-4-10-7-17-8-16-10/h1-3,7-8,15H,4-6H2. The van der Waals surface area contributed by atoms with Crippen molar-refractivity contribution in [1.29, 1.82) is 0 Å². The highest BCUT2D eigenvalue weighted by Crippen LogP contribution is 2.10. The molecule has 0 aliphatic rings. The number of rotatable bonds is 5. The number of aromatic nitrogens is 1. The Labute approximate surface area is 102 Å². The van der Waals surface area contributed by atoms with E-state index >= 15 is 0 Å². The van der Waals surface area contributed by atoms with E-state index in [1.54, 1.807) is 22.9 Å². The number of nitrogens with zero attached hydrogens (tertiary/aromatic N) is 1. The van der Waals surface area contributed by atoms with Crippen molar-refractivity contribution >= 4 is 11.3 Å². The molecule has 90 valence electrons. The van der Waals surface area contributed by atoms with Gasteiger partial charge in [-0.3, -0.25) is 0 Å². The molecular formula is C12H12F2N2S. The molecule has 0 bridgehead atoms. The molecule has 0 unspecified atom stereocenters. The highest BCUT2D eigenvalue weighted by molar-refractivity contribution is 7.07. The molecule has 0 radical (unpaired) electrons. The SMILES string of the molecule is Fc1cccc(CNCCc2cscn2)c1F. The summed E-state index contributed by atoms with van der Waals surface area (Å²) in [5.74, 6) is -1.57. The highest BCUT2D eigenvalue weighted by Gasteiger charge is 2.06. The van der Waals surface area contributed by atoms with Gasteiger partial charge in [0.1, 0.15) is 0 Å². The fourth-order valence-corrected chi connectivity index (χ4v) is 2.08. The zero-order valence-electron chi connectivity index (χ0n) is 9.12. The van der Waals surface area contributed by atoms with Crippen LogP contribution in [0.4, 0.5) is 8.78 Å². The minimum Gasteiger partial charge on any atom is -0.312 e. The highest BCUT2D eigenvalue weighted by atomic mass is 32.1. The maximum atomic E-state index is 13.3. The molecule has 5 heteroatoms. The van der Waals surface area contributed by atoms with Crippen molar-refractivity contribution < 1.29 is 8.78 Å². The molecule has 0 spiro atoms. The van der Waals surface area contributed by atoms with E-state index in [1.165, 1.54) is 6.07 Å². The normalized spacial score (nSPS) is 10.7. The topological polar surface area (TPSA) is 24.9 Å². The van der Waals surface area contributed by atoms with Crippen molar-refractivity contribution in [3.63, 3.8) is 0 Å². The molecule has 1 aromatic carbocycles. The summed E-state index contributed by atoms with van der Waals surface area (Å²) in [6, 6.07) is 4.21. The van der Waals surface area contributed by atoms with E-state index in [1.807, 2.05) is 5.38 Å². The van der Waals surface area contributed by atoms with Crippen LogP contribution in [0, 0.1) is 11.6 Å². The predicted octanol–water partition coefficient (Wildman–Crippen LogP) is 2.75. The van der Waals surface area contributed by atoms with Gasteiger partial charge < -0.3 is 5.32 Å². The molecule has 2 nitrogen and oxygen atoms in total. The van der Waals surface area contributed by atoms with E-state index in [9.17, 15) is 8.78 Å². The van der Waals surface area contributed by atoms with Crippen molar-refractivity contribution in [2.75, 3.05) is 6.54 Å². The summed E-state index contributed by atoms with van der Waals surface area (Å²) in [6.07, 6.45) is 0.792. The lowest BCUT2D eigenvalue weighted by Gasteiger charge is -2.05. The summed E-state index contributed by atoms with van der Waals surface area (Å²) >= 11 is 1.55. The first kappa shape index (κ1) is 12.1. The molecule has 0 atom stereocenters. The lowest BCUT2D eigenvalue weighted by Crippen LogP contribution is -2.17. The largest absolute Gasteiger partial charge is 0.312 e. The second kappa shape index (κ2) is 5.84. The summed E-state index contributed by atoms with van der Waals surface area (Å²) in [6.45, 7) is 1.02. The minimum absolute atomic E-state index is 0.327. The zero-order chi connectivity index (χ0) is 12.1. The van der Waals surface area contributed by atoms with Crippen LogP contribution in [0.2, 0.25) is 0 Å². The number of nitrogens with one attached hydrogen (secondary N) is 1. The van der Waals surface area contributed by atoms with Gasteiger partial charge in [-0.25, -0.2) is 13.8 Å². The third kappa shape index (κ3) is 3.31. The molecule has 0 amide bonds. The first-order valence-electron chi connectivity index (χ1n) is 5.28. The number of thiazole rings is 1. The Hall–Kier alpha value is -1.33. The molecular weight excluding hydrogens is 242 g/mol. The van der Waals surface area contributed by atoms with Gasteiger partial charge in [0.25, 0.3) is 0 Å². The third-order valence-corrected chi connectivity index (χ3v) is 3.02. The average molecular weight is 254 g/mol. The van der Waals surface area contributed by atoms with Crippen LogP contribution < -0.4 is 5.32 Å². The molecule has 0 aliphatic heterocycles. The van der Waals surface area contributed by atoms with Crippen LogP contribution in [0.1, 0.15) is 11.3 Å². The second-order valence-electron chi connectivity index (χ2n) is 3.62. The zero-order valence-corrected chi connectivity index (χ0v) is 9.94. The molecule has 0 aliphatic carbocycles. The molecule has 0 fully saturated rings. The second-order valence-corrected chi connectivity index (χ2v) is 4.34. The number of halogens is 2. The molecule has 1 aromatic heterocycles. The van der Waals surface area contributed by atoms with Crippen LogP contribution in [0.15, 0.2) is 29.1 Å². The van der Waals surface area contributed by atoms with E-state index in [4.69, 9.17) is 0 Å². The van der Waals surface area contributed by atoms with Crippen LogP contribution in [0.3, 0.4) is 0 Å². The van der Waals surface area contributed by atoms with Gasteiger partial charge in [-0.15, -0.1) is 11.3 Å². The van der Waals surface area contributed by atoms with E-state index in [0.717, 1.165) is 18.2 Å². The Balaban J connectivity index is 1.80. The molecule has 2 rings (SSSR count). The van der Waals surface area contributed by atoms with E-state index in [-0.39, 0.29) is 0 Å². The minimum atomic E-state index is -0.802. The first-order chi connectivity index (χ1) is 8.27. The molecule has 1 N–H and O–H groups in total. The first-order valence-corrected chi connectivity index (χ1v) is 6.22. The van der Waals surface area contributed by atoms with Gasteiger partial charge in [0, 0.05) is 30.5 Å². The Morgan fingerprint density at radius 2 is 2.18 bits per heavy atom. The summed E-state index contributed by atoms with van der Waals surface area (Å²) in [4.78, 5) is 4.14. The van der Waals surface area contributed by atoms with Gasteiger partial charge in [0.05, 0.1) is 11.2 Å². The van der Waals surface area contributed by atoms with Crippen LogP contribution in [0.25, 0.3) is 0 Å². The van der Waals surface area contributed by atoms with E-state index < -0.39 is 11.6 Å². The van der Waals surface area contributed by atoms with Crippen LogP contribution in [-0.4, -0.2) is 11.5 Å². The predicted molar refractivity (Wildman–Crippen MR) is 63.9 cm³/mol. The maximum Gasteiger partial charge on any atom is 0.163 e. The Morgan fingerprint density at radius 1 is 1.29 bits per heavy atom. The van der Waals surface area contributed by atoms with Crippen LogP contribution in [0.5, 0.6) is 0 Å². The smallest absolute Gasteiger partial charge is 0.163 e. The molecule has 17 heavy (non-hydrogen) atoms. The van der Waals surface area contributed by atoms with Crippen molar-refractivity contribution in [2.24, 2.45) is 0 Å². The number of hydrogen-bond acceptors (Lipinski definition) is 3. The maximum absolute atomic E-state index is 13.3. The summed E-state index contributed by atoms with van der Waals surface area (Å²) in [5, 5.41) is 5.04. The van der Waals surface area contributed by atoms with Gasteiger partial charge in [0.15, 0.2) is 11.6 Å². The van der Waals surface area contributed by atoms with Crippen LogP contribution in [-0.2, 0) is 13.0 Å². The van der Waals surface area contributed by atoms with E-state index in [0.29, 0.717) is 18.7 Å². The van der Waals surface area contributed by atoms with Gasteiger partial charge in [-0.05, 0) is 6.07 Å². The third-order valence-electron chi connectivity index (χ3n) is 2.39. The Kier molecular flexibility index (Phi) is 4.17. The monoisotopic (exact) mass is 254 g/mol. The lowest BCUT2D eigenvalue weighted by atomic mass is 10.2.